The van der Waals surface area contributed by atoms with E-state index in [-0.39, 0.29) is 24.1 Å². The number of piperazine rings is 1. The molecule has 29 heavy (non-hydrogen) atoms. The molecule has 0 spiro atoms. The number of nitrogens with one attached hydrogen (secondary N) is 1. The maximum Gasteiger partial charge on any atom is 0.228 e. The number of halogens is 1. The van der Waals surface area contributed by atoms with Crippen LogP contribution in [0, 0.1) is 0 Å². The second-order valence-corrected chi connectivity index (χ2v) is 8.34. The van der Waals surface area contributed by atoms with Crippen LogP contribution in [0.5, 0.6) is 0 Å². The van der Waals surface area contributed by atoms with Gasteiger partial charge in [0.2, 0.25) is 5.91 Å². The number of hydrogen-bond acceptors (Lipinski definition) is 5. The first kappa shape index (κ1) is 19.9. The highest BCUT2D eigenvalue weighted by Gasteiger charge is 2.23. The van der Waals surface area contributed by atoms with E-state index in [2.05, 4.69) is 44.8 Å². The lowest BCUT2D eigenvalue weighted by Gasteiger charge is -2.36. The third-order valence-corrected chi connectivity index (χ3v) is 6.49. The maximum atomic E-state index is 12.7. The maximum absolute atomic E-state index is 12.7. The van der Waals surface area contributed by atoms with Gasteiger partial charge in [-0.25, -0.2) is 0 Å². The van der Waals surface area contributed by atoms with E-state index in [1.54, 1.807) is 11.3 Å². The van der Waals surface area contributed by atoms with Crippen LogP contribution in [-0.4, -0.2) is 49.3 Å². The molecule has 1 fully saturated rings. The number of ketones is 1. The Balaban J connectivity index is 0.00000205. The summed E-state index contributed by atoms with van der Waals surface area (Å²) in [4.78, 5) is 28.9. The Morgan fingerprint density at radius 2 is 1.90 bits per heavy atom. The third kappa shape index (κ3) is 3.88. The van der Waals surface area contributed by atoms with Gasteiger partial charge in [0.1, 0.15) is 0 Å². The highest BCUT2D eigenvalue weighted by Crippen LogP contribution is 2.31. The van der Waals surface area contributed by atoms with Crippen molar-refractivity contribution in [1.82, 2.24) is 4.90 Å². The van der Waals surface area contributed by atoms with Crippen molar-refractivity contribution in [2.75, 3.05) is 42.9 Å². The second-order valence-electron chi connectivity index (χ2n) is 7.39. The summed E-state index contributed by atoms with van der Waals surface area (Å²) in [7, 11) is 0. The lowest BCUT2D eigenvalue weighted by molar-refractivity contribution is -0.115. The molecule has 0 radical (unpaired) electrons. The molecule has 150 valence electrons. The van der Waals surface area contributed by atoms with Gasteiger partial charge in [0.05, 0.1) is 13.0 Å². The summed E-state index contributed by atoms with van der Waals surface area (Å²) in [5, 5.41) is 6.27. The molecule has 2 aliphatic heterocycles. The van der Waals surface area contributed by atoms with E-state index in [1.807, 2.05) is 18.2 Å². The summed E-state index contributed by atoms with van der Waals surface area (Å²) in [6.07, 6.45) is 0.364. The molecule has 0 atom stereocenters. The molecular formula is C22H22ClN3O2S. The first-order valence-electron chi connectivity index (χ1n) is 9.57. The van der Waals surface area contributed by atoms with Gasteiger partial charge in [-0.2, -0.15) is 0 Å². The number of fused-ring (bicyclic) bond motifs is 2. The zero-order chi connectivity index (χ0) is 19.1. The molecule has 1 aromatic heterocycles. The molecule has 7 heteroatoms. The molecule has 2 aromatic carbocycles. The third-order valence-electron chi connectivity index (χ3n) is 5.61. The van der Waals surface area contributed by atoms with Crippen molar-refractivity contribution >= 4 is 56.9 Å². The Hall–Kier alpha value is -2.41. The molecular weight excluding hydrogens is 406 g/mol. The Kier molecular flexibility index (Phi) is 5.58. The summed E-state index contributed by atoms with van der Waals surface area (Å²) in [5.74, 6) is 0.117. The van der Waals surface area contributed by atoms with E-state index in [4.69, 9.17) is 0 Å². The van der Waals surface area contributed by atoms with Crippen LogP contribution in [0.1, 0.15) is 15.9 Å². The van der Waals surface area contributed by atoms with E-state index >= 15 is 0 Å². The molecule has 1 saturated heterocycles. The summed E-state index contributed by atoms with van der Waals surface area (Å²) >= 11 is 1.77. The number of rotatable bonds is 4. The quantitative estimate of drug-likeness (QED) is 0.643. The fourth-order valence-electron chi connectivity index (χ4n) is 4.10. The van der Waals surface area contributed by atoms with Crippen LogP contribution in [0.25, 0.3) is 10.1 Å². The van der Waals surface area contributed by atoms with Crippen molar-refractivity contribution in [3.63, 3.8) is 0 Å². The predicted octanol–water partition coefficient (Wildman–Crippen LogP) is 3.82. The topological polar surface area (TPSA) is 52.7 Å². The Labute approximate surface area is 179 Å². The van der Waals surface area contributed by atoms with Crippen LogP contribution in [-0.2, 0) is 11.2 Å². The van der Waals surface area contributed by atoms with E-state index in [9.17, 15) is 9.59 Å². The van der Waals surface area contributed by atoms with Gasteiger partial charge in [-0.05, 0) is 47.3 Å². The molecule has 3 aromatic rings. The number of Topliss-reactive ketones (excluding diaryl/α,β-unsaturated/α-hetero) is 1. The van der Waals surface area contributed by atoms with E-state index < -0.39 is 0 Å². The first-order valence-corrected chi connectivity index (χ1v) is 10.4. The summed E-state index contributed by atoms with van der Waals surface area (Å²) in [5.41, 5.74) is 3.74. The summed E-state index contributed by atoms with van der Waals surface area (Å²) in [6, 6.07) is 14.2. The molecule has 0 bridgehead atoms. The summed E-state index contributed by atoms with van der Waals surface area (Å²) < 4.78 is 1.32. The zero-order valence-corrected chi connectivity index (χ0v) is 17.5. The molecule has 1 amide bonds. The van der Waals surface area contributed by atoms with Gasteiger partial charge >= 0.3 is 0 Å². The SMILES string of the molecule is Cl.O=C1Cc2cc(C(=O)CN3CCN(c4cccc5sccc45)CC3)ccc2N1. The van der Waals surface area contributed by atoms with Crippen LogP contribution < -0.4 is 10.2 Å². The van der Waals surface area contributed by atoms with Gasteiger partial charge in [0, 0.05) is 53.2 Å². The van der Waals surface area contributed by atoms with Gasteiger partial charge in [-0.15, -0.1) is 23.7 Å². The smallest absolute Gasteiger partial charge is 0.228 e. The molecule has 0 unspecified atom stereocenters. The number of carbonyl (C=O) groups excluding carboxylic acids is 2. The monoisotopic (exact) mass is 427 g/mol. The molecule has 0 aliphatic carbocycles. The lowest BCUT2D eigenvalue weighted by Crippen LogP contribution is -2.48. The fraction of sp³-hybridized carbons (Fsp3) is 0.273. The van der Waals surface area contributed by atoms with Crippen molar-refractivity contribution in [2.24, 2.45) is 0 Å². The Morgan fingerprint density at radius 1 is 1.07 bits per heavy atom. The normalized spacial score (nSPS) is 16.4. The molecule has 1 N–H and O–H groups in total. The second kappa shape index (κ2) is 8.14. The van der Waals surface area contributed by atoms with Gasteiger partial charge in [0.15, 0.2) is 5.78 Å². The van der Waals surface area contributed by atoms with Gasteiger partial charge in [0.25, 0.3) is 0 Å². The van der Waals surface area contributed by atoms with E-state index in [0.717, 1.165) is 37.4 Å². The fourth-order valence-corrected chi connectivity index (χ4v) is 4.91. The average molecular weight is 428 g/mol. The average Bonchev–Trinajstić information content (AvgIpc) is 3.33. The van der Waals surface area contributed by atoms with Crippen molar-refractivity contribution in [1.29, 1.82) is 0 Å². The number of benzene rings is 2. The van der Waals surface area contributed by atoms with Crippen molar-refractivity contribution in [2.45, 2.75) is 6.42 Å². The minimum Gasteiger partial charge on any atom is -0.368 e. The van der Waals surface area contributed by atoms with Gasteiger partial charge < -0.3 is 10.2 Å². The van der Waals surface area contributed by atoms with Crippen molar-refractivity contribution in [3.8, 4) is 0 Å². The number of amides is 1. The molecule has 5 nitrogen and oxygen atoms in total. The van der Waals surface area contributed by atoms with Crippen LogP contribution in [0.4, 0.5) is 11.4 Å². The number of carbonyl (C=O) groups is 2. The number of anilines is 2. The molecule has 5 rings (SSSR count). The van der Waals surface area contributed by atoms with Crippen LogP contribution >= 0.6 is 23.7 Å². The van der Waals surface area contributed by atoms with E-state index in [0.29, 0.717) is 18.5 Å². The predicted molar refractivity (Wildman–Crippen MR) is 121 cm³/mol. The van der Waals surface area contributed by atoms with Gasteiger partial charge in [-0.1, -0.05) is 6.07 Å². The number of hydrogen-bond donors (Lipinski definition) is 1. The molecule has 0 saturated carbocycles. The lowest BCUT2D eigenvalue weighted by atomic mass is 10.0. The molecule has 2 aliphatic rings. The highest BCUT2D eigenvalue weighted by molar-refractivity contribution is 7.17. The largest absolute Gasteiger partial charge is 0.368 e. The summed E-state index contributed by atoms with van der Waals surface area (Å²) in [6.45, 7) is 4.01. The highest BCUT2D eigenvalue weighted by atomic mass is 35.5. The van der Waals surface area contributed by atoms with Crippen LogP contribution in [0.3, 0.4) is 0 Å². The van der Waals surface area contributed by atoms with Crippen molar-refractivity contribution in [3.05, 3.63) is 59.0 Å². The van der Waals surface area contributed by atoms with Crippen molar-refractivity contribution < 1.29 is 9.59 Å². The molecule has 3 heterocycles. The first-order chi connectivity index (χ1) is 13.7. The van der Waals surface area contributed by atoms with Crippen LogP contribution in [0.15, 0.2) is 47.8 Å². The Bertz CT molecular complexity index is 1070. The Morgan fingerprint density at radius 3 is 2.72 bits per heavy atom. The van der Waals surface area contributed by atoms with E-state index in [1.165, 1.54) is 15.8 Å². The van der Waals surface area contributed by atoms with Crippen LogP contribution in [0.2, 0.25) is 0 Å². The van der Waals surface area contributed by atoms with Gasteiger partial charge in [-0.3, -0.25) is 14.5 Å². The number of thiophene rings is 1. The number of nitrogens with zero attached hydrogens (tertiary/aromatic N) is 2. The minimum atomic E-state index is -0.00337. The zero-order valence-electron chi connectivity index (χ0n) is 15.9. The minimum absolute atomic E-state index is 0. The standard InChI is InChI=1S/C22H21N3O2S.ClH/c26-20(15-4-5-18-16(12-15)13-22(27)23-18)14-24-7-9-25(10-8-24)19-2-1-3-21-17(19)6-11-28-21;/h1-6,11-12H,7-10,13-14H2,(H,23,27);1H.